The quantitative estimate of drug-likeness (QED) is 0.257. The lowest BCUT2D eigenvalue weighted by Crippen LogP contribution is -2.43. The van der Waals surface area contributed by atoms with Gasteiger partial charge in [-0.1, -0.05) is 24.3 Å². The fourth-order valence-corrected chi connectivity index (χ4v) is 4.19. The van der Waals surface area contributed by atoms with E-state index in [1.807, 2.05) is 12.1 Å². The van der Waals surface area contributed by atoms with Crippen LogP contribution in [0.1, 0.15) is 30.4 Å². The van der Waals surface area contributed by atoms with Crippen molar-refractivity contribution >= 4 is 11.9 Å². The summed E-state index contributed by atoms with van der Waals surface area (Å²) in [5, 5.41) is 3.08. The molecule has 1 fully saturated rings. The summed E-state index contributed by atoms with van der Waals surface area (Å²) < 4.78 is 21.0. The predicted octanol–water partition coefficient (Wildman–Crippen LogP) is 1.86. The number of piperidine rings is 1. The monoisotopic (exact) mass is 509 g/mol. The van der Waals surface area contributed by atoms with Crippen LogP contribution in [-0.4, -0.2) is 58.3 Å². The van der Waals surface area contributed by atoms with Gasteiger partial charge in [-0.15, -0.1) is 0 Å². The Kier molecular flexibility index (Phi) is 8.55. The summed E-state index contributed by atoms with van der Waals surface area (Å²) in [5.41, 5.74) is 6.34. The number of nitrogens with two attached hydrogens (primary N) is 1. The summed E-state index contributed by atoms with van der Waals surface area (Å²) in [7, 11) is 1.58. The number of hydrogen-bond donors (Lipinski definition) is 2. The van der Waals surface area contributed by atoms with Crippen molar-refractivity contribution in [3.05, 3.63) is 86.4 Å². The topological polar surface area (TPSA) is 120 Å². The van der Waals surface area contributed by atoms with Gasteiger partial charge in [0.05, 0.1) is 26.7 Å². The summed E-state index contributed by atoms with van der Waals surface area (Å²) in [4.78, 5) is 36.9. The van der Waals surface area contributed by atoms with Gasteiger partial charge in [0.25, 0.3) is 0 Å². The van der Waals surface area contributed by atoms with Gasteiger partial charge in [-0.05, 0) is 54.7 Å². The SMILES string of the molecule is COc1ccc(Cn2c(NCCN=C(N)N3CCCCC3)nc(=O)n(Cc3ccc(F)cc3)c2=O)cc1. The van der Waals surface area contributed by atoms with Gasteiger partial charge in [-0.25, -0.2) is 18.5 Å². The van der Waals surface area contributed by atoms with Crippen LogP contribution >= 0.6 is 0 Å². The number of ether oxygens (including phenoxy) is 1. The first-order chi connectivity index (χ1) is 17.9. The van der Waals surface area contributed by atoms with Crippen LogP contribution in [0.15, 0.2) is 63.1 Å². The summed E-state index contributed by atoms with van der Waals surface area (Å²) in [5.74, 6) is 0.944. The molecule has 0 amide bonds. The van der Waals surface area contributed by atoms with Crippen molar-refractivity contribution in [1.82, 2.24) is 19.0 Å². The van der Waals surface area contributed by atoms with Crippen LogP contribution in [0.4, 0.5) is 10.3 Å². The standard InChI is InChI=1S/C26H32FN7O3/c1-37-22-11-7-20(8-12-22)17-33-24(30-14-13-29-23(28)32-15-3-2-4-16-32)31-25(35)34(26(33)36)18-19-5-9-21(27)10-6-19/h5-12H,2-4,13-18H2,1H3,(H2,28,29)(H,30,31,35). The zero-order valence-corrected chi connectivity index (χ0v) is 20.9. The number of nitrogens with one attached hydrogen (secondary N) is 1. The molecule has 1 aliphatic rings. The number of rotatable bonds is 9. The maximum Gasteiger partial charge on any atom is 0.355 e. The molecule has 1 aliphatic heterocycles. The summed E-state index contributed by atoms with van der Waals surface area (Å²) in [6.45, 7) is 2.66. The first kappa shape index (κ1) is 25.9. The molecule has 10 nitrogen and oxygen atoms in total. The zero-order chi connectivity index (χ0) is 26.2. The largest absolute Gasteiger partial charge is 0.497 e. The maximum absolute atomic E-state index is 13.4. The number of methoxy groups -OCH3 is 1. The van der Waals surface area contributed by atoms with Gasteiger partial charge in [0.1, 0.15) is 11.6 Å². The van der Waals surface area contributed by atoms with E-state index in [0.29, 0.717) is 30.4 Å². The van der Waals surface area contributed by atoms with Crippen LogP contribution in [0.2, 0.25) is 0 Å². The molecule has 0 aliphatic carbocycles. The Bertz CT molecular complexity index is 1330. The molecule has 3 aromatic rings. The lowest BCUT2D eigenvalue weighted by atomic mass is 10.1. The van der Waals surface area contributed by atoms with Crippen molar-refractivity contribution in [3.8, 4) is 5.75 Å². The highest BCUT2D eigenvalue weighted by Crippen LogP contribution is 2.13. The number of hydrogen-bond acceptors (Lipinski definition) is 6. The van der Waals surface area contributed by atoms with E-state index in [9.17, 15) is 14.0 Å². The van der Waals surface area contributed by atoms with Gasteiger partial charge >= 0.3 is 11.4 Å². The number of aliphatic imine (C=N–C) groups is 1. The van der Waals surface area contributed by atoms with E-state index >= 15 is 0 Å². The molecule has 2 aromatic carbocycles. The maximum atomic E-state index is 13.4. The third kappa shape index (κ3) is 6.75. The number of guanidine groups is 1. The highest BCUT2D eigenvalue weighted by atomic mass is 19.1. The number of nitrogens with zero attached hydrogens (tertiary/aromatic N) is 5. The summed E-state index contributed by atoms with van der Waals surface area (Å²) in [6.07, 6.45) is 3.41. The van der Waals surface area contributed by atoms with Crippen LogP contribution in [0.5, 0.6) is 5.75 Å². The molecule has 37 heavy (non-hydrogen) atoms. The van der Waals surface area contributed by atoms with Crippen LogP contribution in [0.3, 0.4) is 0 Å². The first-order valence-corrected chi connectivity index (χ1v) is 12.3. The molecule has 196 valence electrons. The molecule has 0 radical (unpaired) electrons. The fourth-order valence-electron chi connectivity index (χ4n) is 4.19. The van der Waals surface area contributed by atoms with E-state index in [1.54, 1.807) is 19.2 Å². The molecule has 2 heterocycles. The predicted molar refractivity (Wildman–Crippen MR) is 141 cm³/mol. The number of anilines is 1. The van der Waals surface area contributed by atoms with Gasteiger partial charge in [0.2, 0.25) is 5.95 Å². The van der Waals surface area contributed by atoms with Crippen molar-refractivity contribution in [2.75, 3.05) is 38.6 Å². The zero-order valence-electron chi connectivity index (χ0n) is 20.9. The summed E-state index contributed by atoms with van der Waals surface area (Å²) >= 11 is 0. The third-order valence-corrected chi connectivity index (χ3v) is 6.25. The number of benzene rings is 2. The van der Waals surface area contributed by atoms with Gasteiger partial charge in [-0.3, -0.25) is 9.56 Å². The Balaban J connectivity index is 1.57. The van der Waals surface area contributed by atoms with Gasteiger partial charge in [-0.2, -0.15) is 4.98 Å². The van der Waals surface area contributed by atoms with Crippen molar-refractivity contribution in [2.45, 2.75) is 32.4 Å². The minimum atomic E-state index is -0.695. The average Bonchev–Trinajstić information content (AvgIpc) is 2.92. The second-order valence-corrected chi connectivity index (χ2v) is 8.86. The Morgan fingerprint density at radius 3 is 2.27 bits per heavy atom. The Morgan fingerprint density at radius 1 is 1.00 bits per heavy atom. The second-order valence-electron chi connectivity index (χ2n) is 8.86. The third-order valence-electron chi connectivity index (χ3n) is 6.25. The number of likely N-dealkylation sites (tertiary alicyclic amines) is 1. The first-order valence-electron chi connectivity index (χ1n) is 12.3. The van der Waals surface area contributed by atoms with Gasteiger partial charge in [0.15, 0.2) is 5.96 Å². The molecule has 0 saturated carbocycles. The van der Waals surface area contributed by atoms with E-state index in [-0.39, 0.29) is 19.0 Å². The second kappa shape index (κ2) is 12.2. The molecule has 1 saturated heterocycles. The van der Waals surface area contributed by atoms with Gasteiger partial charge < -0.3 is 20.7 Å². The van der Waals surface area contributed by atoms with Crippen LogP contribution in [0.25, 0.3) is 0 Å². The lowest BCUT2D eigenvalue weighted by molar-refractivity contribution is 0.338. The van der Waals surface area contributed by atoms with E-state index in [4.69, 9.17) is 10.5 Å². The van der Waals surface area contributed by atoms with Crippen molar-refractivity contribution in [1.29, 1.82) is 0 Å². The van der Waals surface area contributed by atoms with E-state index in [1.165, 1.54) is 35.3 Å². The summed E-state index contributed by atoms with van der Waals surface area (Å²) in [6, 6.07) is 12.9. The van der Waals surface area contributed by atoms with Crippen LogP contribution in [0, 0.1) is 5.82 Å². The molecule has 0 spiro atoms. The molecule has 3 N–H and O–H groups in total. The molecule has 11 heteroatoms. The molecule has 0 bridgehead atoms. The number of aromatic nitrogens is 3. The fraction of sp³-hybridized carbons (Fsp3) is 0.385. The Morgan fingerprint density at radius 2 is 1.62 bits per heavy atom. The highest BCUT2D eigenvalue weighted by Gasteiger charge is 2.15. The Labute approximate surface area is 214 Å². The molecule has 1 aromatic heterocycles. The van der Waals surface area contributed by atoms with Crippen LogP contribution in [-0.2, 0) is 13.1 Å². The van der Waals surface area contributed by atoms with Crippen molar-refractivity contribution < 1.29 is 9.13 Å². The molecule has 4 rings (SSSR count). The average molecular weight is 510 g/mol. The molecular formula is C26H32FN7O3. The Hall–Kier alpha value is -4.15. The lowest BCUT2D eigenvalue weighted by Gasteiger charge is -2.27. The molecule has 0 unspecified atom stereocenters. The smallest absolute Gasteiger partial charge is 0.355 e. The number of halogens is 1. The minimum absolute atomic E-state index is 0.0233. The van der Waals surface area contributed by atoms with Crippen molar-refractivity contribution in [3.63, 3.8) is 0 Å². The van der Waals surface area contributed by atoms with E-state index < -0.39 is 17.2 Å². The minimum Gasteiger partial charge on any atom is -0.497 e. The highest BCUT2D eigenvalue weighted by molar-refractivity contribution is 5.78. The normalized spacial score (nSPS) is 14.0. The molecular weight excluding hydrogens is 477 g/mol. The molecule has 0 atom stereocenters. The van der Waals surface area contributed by atoms with Crippen molar-refractivity contribution in [2.24, 2.45) is 10.7 Å². The van der Waals surface area contributed by atoms with Gasteiger partial charge in [0, 0.05) is 19.6 Å². The van der Waals surface area contributed by atoms with E-state index in [0.717, 1.165) is 36.1 Å². The van der Waals surface area contributed by atoms with Crippen LogP contribution < -0.4 is 27.2 Å². The van der Waals surface area contributed by atoms with E-state index in [2.05, 4.69) is 20.2 Å².